The standard InChI is InChI=1S/C23H21ClN2O4S/c1-3-14-4-6-17-15(11-21(27)30-20(17)10-14)13-31-23-25-19-12-16(24)5-7-18(19)22(28)26(23)8-9-29-2/h4-7,10-12H,3,8-9,13H2,1-2H3. The summed E-state index contributed by atoms with van der Waals surface area (Å²) in [5, 5.41) is 2.44. The molecule has 31 heavy (non-hydrogen) atoms. The van der Waals surface area contributed by atoms with Crippen molar-refractivity contribution in [3.05, 3.63) is 79.4 Å². The number of aromatic nitrogens is 2. The third-order valence-electron chi connectivity index (χ3n) is 5.06. The fourth-order valence-corrected chi connectivity index (χ4v) is 4.60. The Bertz CT molecular complexity index is 1380. The zero-order valence-electron chi connectivity index (χ0n) is 17.2. The van der Waals surface area contributed by atoms with Gasteiger partial charge in [0.05, 0.1) is 24.1 Å². The Labute approximate surface area is 187 Å². The van der Waals surface area contributed by atoms with Crippen LogP contribution in [0.25, 0.3) is 21.9 Å². The predicted molar refractivity (Wildman–Crippen MR) is 124 cm³/mol. The van der Waals surface area contributed by atoms with Crippen molar-refractivity contribution in [2.75, 3.05) is 13.7 Å². The lowest BCUT2D eigenvalue weighted by atomic mass is 10.1. The summed E-state index contributed by atoms with van der Waals surface area (Å²) in [7, 11) is 1.59. The van der Waals surface area contributed by atoms with Crippen LogP contribution in [0.4, 0.5) is 0 Å². The van der Waals surface area contributed by atoms with Crippen LogP contribution in [-0.2, 0) is 23.5 Å². The van der Waals surface area contributed by atoms with Crippen molar-refractivity contribution in [2.45, 2.75) is 30.8 Å². The summed E-state index contributed by atoms with van der Waals surface area (Å²) in [6, 6.07) is 12.4. The Morgan fingerprint density at radius 3 is 2.71 bits per heavy atom. The molecule has 0 bridgehead atoms. The minimum Gasteiger partial charge on any atom is -0.423 e. The molecule has 160 valence electrons. The van der Waals surface area contributed by atoms with Gasteiger partial charge in [0.25, 0.3) is 5.56 Å². The van der Waals surface area contributed by atoms with Crippen LogP contribution in [0, 0.1) is 0 Å². The van der Waals surface area contributed by atoms with E-state index in [1.807, 2.05) is 18.2 Å². The van der Waals surface area contributed by atoms with E-state index in [0.29, 0.717) is 45.6 Å². The number of aryl methyl sites for hydroxylation is 1. The fraction of sp³-hybridized carbons (Fsp3) is 0.261. The van der Waals surface area contributed by atoms with Gasteiger partial charge in [-0.05, 0) is 41.8 Å². The van der Waals surface area contributed by atoms with Crippen LogP contribution < -0.4 is 11.2 Å². The van der Waals surface area contributed by atoms with Crippen molar-refractivity contribution < 1.29 is 9.15 Å². The first-order valence-electron chi connectivity index (χ1n) is 9.87. The summed E-state index contributed by atoms with van der Waals surface area (Å²) in [4.78, 5) is 29.9. The van der Waals surface area contributed by atoms with Crippen molar-refractivity contribution in [3.63, 3.8) is 0 Å². The molecule has 0 aliphatic rings. The molecule has 2 aromatic carbocycles. The smallest absolute Gasteiger partial charge is 0.336 e. The first-order valence-corrected chi connectivity index (χ1v) is 11.2. The van der Waals surface area contributed by atoms with E-state index in [1.165, 1.54) is 17.8 Å². The molecule has 0 atom stereocenters. The van der Waals surface area contributed by atoms with Crippen molar-refractivity contribution in [1.29, 1.82) is 0 Å². The Morgan fingerprint density at radius 2 is 1.94 bits per heavy atom. The van der Waals surface area contributed by atoms with Gasteiger partial charge in [-0.15, -0.1) is 0 Å². The molecule has 8 heteroatoms. The second-order valence-electron chi connectivity index (χ2n) is 7.07. The number of ether oxygens (including phenoxy) is 1. The Morgan fingerprint density at radius 1 is 1.13 bits per heavy atom. The van der Waals surface area contributed by atoms with Crippen LogP contribution in [0.3, 0.4) is 0 Å². The molecule has 0 unspecified atom stereocenters. The topological polar surface area (TPSA) is 74.3 Å². The maximum atomic E-state index is 13.1. The third-order valence-corrected chi connectivity index (χ3v) is 6.32. The first kappa shape index (κ1) is 21.6. The Kier molecular flexibility index (Phi) is 6.46. The second-order valence-corrected chi connectivity index (χ2v) is 8.45. The number of methoxy groups -OCH3 is 1. The summed E-state index contributed by atoms with van der Waals surface area (Å²) in [5.74, 6) is 0.457. The summed E-state index contributed by atoms with van der Waals surface area (Å²) >= 11 is 7.50. The van der Waals surface area contributed by atoms with Gasteiger partial charge < -0.3 is 9.15 Å². The molecule has 4 rings (SSSR count). The van der Waals surface area contributed by atoms with Crippen molar-refractivity contribution >= 4 is 45.2 Å². The van der Waals surface area contributed by atoms with E-state index in [2.05, 4.69) is 11.9 Å². The van der Waals surface area contributed by atoms with Gasteiger partial charge in [-0.1, -0.05) is 42.4 Å². The van der Waals surface area contributed by atoms with E-state index in [-0.39, 0.29) is 5.56 Å². The highest BCUT2D eigenvalue weighted by molar-refractivity contribution is 7.98. The van der Waals surface area contributed by atoms with E-state index >= 15 is 0 Å². The van der Waals surface area contributed by atoms with Crippen LogP contribution in [0.15, 0.2) is 61.6 Å². The highest BCUT2D eigenvalue weighted by Crippen LogP contribution is 2.27. The zero-order valence-corrected chi connectivity index (χ0v) is 18.8. The number of rotatable bonds is 7. The summed E-state index contributed by atoms with van der Waals surface area (Å²) in [6.07, 6.45) is 0.855. The van der Waals surface area contributed by atoms with Gasteiger partial charge in [0.15, 0.2) is 5.16 Å². The summed E-state index contributed by atoms with van der Waals surface area (Å²) < 4.78 is 12.2. The molecule has 0 aliphatic carbocycles. The first-order chi connectivity index (χ1) is 15.0. The lowest BCUT2D eigenvalue weighted by Gasteiger charge is -2.13. The van der Waals surface area contributed by atoms with E-state index < -0.39 is 5.63 Å². The highest BCUT2D eigenvalue weighted by atomic mass is 35.5. The normalized spacial score (nSPS) is 11.5. The molecule has 4 aromatic rings. The van der Waals surface area contributed by atoms with Crippen molar-refractivity contribution in [3.8, 4) is 0 Å². The zero-order chi connectivity index (χ0) is 22.0. The number of hydrogen-bond acceptors (Lipinski definition) is 6. The average Bonchev–Trinajstić information content (AvgIpc) is 2.76. The molecule has 0 saturated heterocycles. The van der Waals surface area contributed by atoms with Gasteiger partial charge in [0, 0.05) is 29.3 Å². The molecule has 0 aliphatic heterocycles. The summed E-state index contributed by atoms with van der Waals surface area (Å²) in [6.45, 7) is 2.81. The second kappa shape index (κ2) is 9.26. The minimum absolute atomic E-state index is 0.147. The third kappa shape index (κ3) is 4.54. The number of halogens is 1. The van der Waals surface area contributed by atoms with Crippen LogP contribution >= 0.6 is 23.4 Å². The minimum atomic E-state index is -0.397. The van der Waals surface area contributed by atoms with E-state index in [4.69, 9.17) is 20.8 Å². The predicted octanol–water partition coefficient (Wildman–Crippen LogP) is 4.66. The molecule has 0 spiro atoms. The monoisotopic (exact) mass is 456 g/mol. The Balaban J connectivity index is 1.76. The molecule has 0 N–H and O–H groups in total. The molecule has 0 saturated carbocycles. The summed E-state index contributed by atoms with van der Waals surface area (Å²) in [5.41, 5.74) is 2.49. The number of nitrogens with zero attached hydrogens (tertiary/aromatic N) is 2. The number of thioether (sulfide) groups is 1. The van der Waals surface area contributed by atoms with E-state index in [0.717, 1.165) is 22.9 Å². The van der Waals surface area contributed by atoms with Crippen LogP contribution in [0.5, 0.6) is 0 Å². The van der Waals surface area contributed by atoms with Gasteiger partial charge in [-0.25, -0.2) is 9.78 Å². The van der Waals surface area contributed by atoms with Crippen LogP contribution in [0.1, 0.15) is 18.1 Å². The van der Waals surface area contributed by atoms with Crippen molar-refractivity contribution in [1.82, 2.24) is 9.55 Å². The lowest BCUT2D eigenvalue weighted by Crippen LogP contribution is -2.25. The maximum absolute atomic E-state index is 13.1. The van der Waals surface area contributed by atoms with Gasteiger partial charge >= 0.3 is 5.63 Å². The Hall–Kier alpha value is -2.61. The molecular weight excluding hydrogens is 436 g/mol. The molecule has 0 fully saturated rings. The molecule has 2 aromatic heterocycles. The fourth-order valence-electron chi connectivity index (χ4n) is 3.42. The molecule has 0 radical (unpaired) electrons. The molecule has 6 nitrogen and oxygen atoms in total. The molecule has 0 amide bonds. The van der Waals surface area contributed by atoms with Crippen LogP contribution in [-0.4, -0.2) is 23.3 Å². The number of hydrogen-bond donors (Lipinski definition) is 0. The van der Waals surface area contributed by atoms with Crippen LogP contribution in [0.2, 0.25) is 5.02 Å². The van der Waals surface area contributed by atoms with Gasteiger partial charge in [-0.2, -0.15) is 0 Å². The number of fused-ring (bicyclic) bond motifs is 2. The van der Waals surface area contributed by atoms with Gasteiger partial charge in [0.1, 0.15) is 5.58 Å². The van der Waals surface area contributed by atoms with Crippen molar-refractivity contribution in [2.24, 2.45) is 0 Å². The van der Waals surface area contributed by atoms with E-state index in [9.17, 15) is 9.59 Å². The maximum Gasteiger partial charge on any atom is 0.336 e. The van der Waals surface area contributed by atoms with E-state index in [1.54, 1.807) is 29.9 Å². The van der Waals surface area contributed by atoms with Gasteiger partial charge in [0.2, 0.25) is 0 Å². The number of benzene rings is 2. The lowest BCUT2D eigenvalue weighted by molar-refractivity contribution is 0.183. The van der Waals surface area contributed by atoms with Gasteiger partial charge in [-0.3, -0.25) is 9.36 Å². The SMILES string of the molecule is CCc1ccc2c(CSc3nc4cc(Cl)ccc4c(=O)n3CCOC)cc(=O)oc2c1. The molecular formula is C23H21ClN2O4S. The molecule has 2 heterocycles. The highest BCUT2D eigenvalue weighted by Gasteiger charge is 2.14. The largest absolute Gasteiger partial charge is 0.423 e. The quantitative estimate of drug-likeness (QED) is 0.229. The average molecular weight is 457 g/mol.